The lowest BCUT2D eigenvalue weighted by Crippen LogP contribution is -2.17. The Hall–Kier alpha value is -3.81. The second-order valence-electron chi connectivity index (χ2n) is 5.75. The molecule has 128 valence electrons. The van der Waals surface area contributed by atoms with E-state index in [4.69, 9.17) is 11.1 Å². The second kappa shape index (κ2) is 6.25. The molecule has 0 saturated heterocycles. The average molecular weight is 345 g/mol. The van der Waals surface area contributed by atoms with Crippen LogP contribution in [0, 0.1) is 5.41 Å². The molecule has 0 aliphatic carbocycles. The van der Waals surface area contributed by atoms with Gasteiger partial charge in [-0.05, 0) is 17.7 Å². The fourth-order valence-electron chi connectivity index (χ4n) is 2.76. The topological polar surface area (TPSA) is 126 Å². The Kier molecular flexibility index (Phi) is 3.77. The summed E-state index contributed by atoms with van der Waals surface area (Å²) in [6.07, 6.45) is 3.27. The maximum absolute atomic E-state index is 12.5. The van der Waals surface area contributed by atoms with Crippen LogP contribution >= 0.6 is 0 Å². The molecule has 8 heteroatoms. The molecule has 0 aliphatic rings. The smallest absolute Gasteiger partial charge is 0.328 e. The minimum absolute atomic E-state index is 0.192. The van der Waals surface area contributed by atoms with E-state index in [0.717, 1.165) is 5.56 Å². The van der Waals surface area contributed by atoms with Crippen LogP contribution < -0.4 is 11.4 Å². The van der Waals surface area contributed by atoms with Gasteiger partial charge >= 0.3 is 5.69 Å². The van der Waals surface area contributed by atoms with Crippen LogP contribution in [0.1, 0.15) is 11.3 Å². The quantitative estimate of drug-likeness (QED) is 0.382. The van der Waals surface area contributed by atoms with Gasteiger partial charge in [-0.15, -0.1) is 0 Å². The van der Waals surface area contributed by atoms with Crippen molar-refractivity contribution in [3.05, 3.63) is 76.6 Å². The highest BCUT2D eigenvalue weighted by atomic mass is 16.1. The van der Waals surface area contributed by atoms with Gasteiger partial charge in [-0.2, -0.15) is 0 Å². The fourth-order valence-corrected chi connectivity index (χ4v) is 2.76. The van der Waals surface area contributed by atoms with Gasteiger partial charge in [-0.1, -0.05) is 30.3 Å². The summed E-state index contributed by atoms with van der Waals surface area (Å²) in [5, 5.41) is 7.82. The van der Waals surface area contributed by atoms with Crippen molar-refractivity contribution in [2.24, 2.45) is 5.73 Å². The van der Waals surface area contributed by atoms with E-state index in [2.05, 4.69) is 19.9 Å². The number of rotatable bonds is 4. The number of nitrogen functional groups attached to an aromatic ring is 1. The van der Waals surface area contributed by atoms with E-state index in [1.807, 2.05) is 36.4 Å². The summed E-state index contributed by atoms with van der Waals surface area (Å²) < 4.78 is 1.51. The first kappa shape index (κ1) is 15.7. The van der Waals surface area contributed by atoms with Gasteiger partial charge in [-0.3, -0.25) is 15.0 Å². The molecular weight excluding hydrogens is 330 g/mol. The lowest BCUT2D eigenvalue weighted by molar-refractivity contribution is 0.778. The van der Waals surface area contributed by atoms with Crippen LogP contribution in [0.25, 0.3) is 22.6 Å². The van der Waals surface area contributed by atoms with Crippen molar-refractivity contribution in [2.45, 2.75) is 6.54 Å². The van der Waals surface area contributed by atoms with Gasteiger partial charge in [0.2, 0.25) is 0 Å². The van der Waals surface area contributed by atoms with Gasteiger partial charge in [-0.25, -0.2) is 14.8 Å². The van der Waals surface area contributed by atoms with E-state index < -0.39 is 0 Å². The molecule has 4 N–H and O–H groups in total. The molecule has 4 aromatic rings. The molecule has 0 spiro atoms. The molecule has 0 amide bonds. The predicted octanol–water partition coefficient (Wildman–Crippen LogP) is 1.51. The normalized spacial score (nSPS) is 10.9. The summed E-state index contributed by atoms with van der Waals surface area (Å²) in [5.74, 6) is 0.118. The first-order valence-electron chi connectivity index (χ1n) is 7.93. The van der Waals surface area contributed by atoms with Crippen molar-refractivity contribution in [1.82, 2.24) is 24.5 Å². The van der Waals surface area contributed by atoms with Crippen molar-refractivity contribution < 1.29 is 0 Å². The standard InChI is InChI=1S/C18H15N7O/c19-15(20)13-14-17(24-16(22-13)12-7-4-8-21-9-12)25(18(26)23-14)10-11-5-2-1-3-6-11/h1-9H,10H2,(H3,19,20)(H,23,26). The van der Waals surface area contributed by atoms with Crippen molar-refractivity contribution in [1.29, 1.82) is 5.41 Å². The third-order valence-electron chi connectivity index (χ3n) is 3.98. The zero-order valence-corrected chi connectivity index (χ0v) is 13.7. The number of aromatic amines is 1. The zero-order valence-electron chi connectivity index (χ0n) is 13.7. The average Bonchev–Trinajstić information content (AvgIpc) is 2.98. The molecule has 1 aromatic carbocycles. The molecule has 0 fully saturated rings. The minimum atomic E-state index is -0.330. The SMILES string of the molecule is N=C(N)c1nc(-c2cccnc2)nc2c1[nH]c(=O)n2Cc1ccccc1. The number of pyridine rings is 1. The van der Waals surface area contributed by atoms with Crippen LogP contribution in [0.15, 0.2) is 59.7 Å². The third kappa shape index (κ3) is 2.73. The van der Waals surface area contributed by atoms with Crippen LogP contribution in [0.4, 0.5) is 0 Å². The molecule has 0 bridgehead atoms. The van der Waals surface area contributed by atoms with Crippen LogP contribution in [-0.2, 0) is 6.54 Å². The van der Waals surface area contributed by atoms with Crippen LogP contribution in [0.3, 0.4) is 0 Å². The maximum Gasteiger partial charge on any atom is 0.328 e. The Bertz CT molecular complexity index is 1150. The van der Waals surface area contributed by atoms with E-state index >= 15 is 0 Å². The molecule has 0 radical (unpaired) electrons. The molecule has 3 aromatic heterocycles. The summed E-state index contributed by atoms with van der Waals surface area (Å²) in [6.45, 7) is 0.348. The van der Waals surface area contributed by atoms with Gasteiger partial charge in [0, 0.05) is 18.0 Å². The number of imidazole rings is 1. The van der Waals surface area contributed by atoms with Gasteiger partial charge in [0.15, 0.2) is 11.5 Å². The molecule has 0 atom stereocenters. The highest BCUT2D eigenvalue weighted by Crippen LogP contribution is 2.19. The summed E-state index contributed by atoms with van der Waals surface area (Å²) in [5.41, 5.74) is 7.94. The Morgan fingerprint density at radius 2 is 1.96 bits per heavy atom. The summed E-state index contributed by atoms with van der Waals surface area (Å²) >= 11 is 0. The number of benzene rings is 1. The number of nitrogens with one attached hydrogen (secondary N) is 2. The van der Waals surface area contributed by atoms with E-state index in [0.29, 0.717) is 29.1 Å². The summed E-state index contributed by atoms with van der Waals surface area (Å²) in [6, 6.07) is 13.2. The highest BCUT2D eigenvalue weighted by molar-refractivity contribution is 6.03. The zero-order chi connectivity index (χ0) is 18.1. The van der Waals surface area contributed by atoms with Crippen molar-refractivity contribution >= 4 is 17.0 Å². The first-order valence-corrected chi connectivity index (χ1v) is 7.93. The fraction of sp³-hybridized carbons (Fsp3) is 0.0556. The van der Waals surface area contributed by atoms with Gasteiger partial charge in [0.1, 0.15) is 17.0 Å². The molecule has 4 rings (SSSR count). The molecule has 3 heterocycles. The number of H-pyrrole nitrogens is 1. The van der Waals surface area contributed by atoms with E-state index in [1.54, 1.807) is 18.5 Å². The largest absolute Gasteiger partial charge is 0.382 e. The predicted molar refractivity (Wildman–Crippen MR) is 97.9 cm³/mol. The van der Waals surface area contributed by atoms with Crippen LogP contribution in [0.2, 0.25) is 0 Å². The number of hydrogen-bond donors (Lipinski definition) is 3. The summed E-state index contributed by atoms with van der Waals surface area (Å²) in [4.78, 5) is 28.2. The maximum atomic E-state index is 12.5. The van der Waals surface area contributed by atoms with Crippen LogP contribution in [-0.4, -0.2) is 30.3 Å². The molecule has 26 heavy (non-hydrogen) atoms. The number of amidine groups is 1. The second-order valence-corrected chi connectivity index (χ2v) is 5.75. The Balaban J connectivity index is 1.96. The Labute approximate surface area is 147 Å². The highest BCUT2D eigenvalue weighted by Gasteiger charge is 2.18. The molecule has 0 aliphatic heterocycles. The van der Waals surface area contributed by atoms with E-state index in [-0.39, 0.29) is 17.2 Å². The molecular formula is C18H15N7O. The lowest BCUT2D eigenvalue weighted by Gasteiger charge is -2.07. The molecule has 0 unspecified atom stereocenters. The lowest BCUT2D eigenvalue weighted by atomic mass is 10.2. The van der Waals surface area contributed by atoms with Gasteiger partial charge < -0.3 is 10.7 Å². The van der Waals surface area contributed by atoms with Crippen LogP contribution in [0.5, 0.6) is 0 Å². The number of nitrogens with zero attached hydrogens (tertiary/aromatic N) is 4. The van der Waals surface area contributed by atoms with Gasteiger partial charge in [0.05, 0.1) is 6.54 Å². The summed E-state index contributed by atoms with van der Waals surface area (Å²) in [7, 11) is 0. The third-order valence-corrected chi connectivity index (χ3v) is 3.98. The van der Waals surface area contributed by atoms with Crippen molar-refractivity contribution in [2.75, 3.05) is 0 Å². The molecule has 8 nitrogen and oxygen atoms in total. The number of hydrogen-bond acceptors (Lipinski definition) is 5. The number of aromatic nitrogens is 5. The van der Waals surface area contributed by atoms with Crippen molar-refractivity contribution in [3.63, 3.8) is 0 Å². The Morgan fingerprint density at radius 1 is 1.15 bits per heavy atom. The van der Waals surface area contributed by atoms with Gasteiger partial charge in [0.25, 0.3) is 0 Å². The molecule has 0 saturated carbocycles. The monoisotopic (exact) mass is 345 g/mol. The van der Waals surface area contributed by atoms with E-state index in [1.165, 1.54) is 4.57 Å². The first-order chi connectivity index (χ1) is 12.6. The minimum Gasteiger partial charge on any atom is -0.382 e. The van der Waals surface area contributed by atoms with Crippen molar-refractivity contribution in [3.8, 4) is 11.4 Å². The van der Waals surface area contributed by atoms with E-state index in [9.17, 15) is 4.79 Å². The Morgan fingerprint density at radius 3 is 2.65 bits per heavy atom. The number of nitrogens with two attached hydrogens (primary N) is 1. The number of fused-ring (bicyclic) bond motifs is 1.